The third-order valence-electron chi connectivity index (χ3n) is 5.41. The molecule has 5 rings (SSSR count). The first-order chi connectivity index (χ1) is 17.3. The SMILES string of the molecule is O=C(CSc1ncc2c(n1)-c1cc(Cl)ccc1N(Cc1ccccc1)S2(=O)=O)Nc1ccc(F)cc1. The summed E-state index contributed by atoms with van der Waals surface area (Å²) in [4.78, 5) is 21.0. The van der Waals surface area contributed by atoms with Crippen molar-refractivity contribution in [2.75, 3.05) is 15.4 Å². The normalized spacial score (nSPS) is 13.6. The highest BCUT2D eigenvalue weighted by molar-refractivity contribution is 7.99. The van der Waals surface area contributed by atoms with Gasteiger partial charge >= 0.3 is 0 Å². The van der Waals surface area contributed by atoms with Gasteiger partial charge < -0.3 is 5.32 Å². The van der Waals surface area contributed by atoms with E-state index in [0.717, 1.165) is 17.3 Å². The quantitative estimate of drug-likeness (QED) is 0.261. The van der Waals surface area contributed by atoms with Gasteiger partial charge in [-0.05, 0) is 48.0 Å². The van der Waals surface area contributed by atoms with Crippen molar-refractivity contribution in [1.29, 1.82) is 0 Å². The molecule has 0 saturated heterocycles. The number of benzene rings is 3. The molecule has 3 aromatic carbocycles. The molecule has 1 amide bonds. The van der Waals surface area contributed by atoms with Gasteiger partial charge in [-0.2, -0.15) is 0 Å². The summed E-state index contributed by atoms with van der Waals surface area (Å²) >= 11 is 7.31. The van der Waals surface area contributed by atoms with Crippen LogP contribution >= 0.6 is 23.4 Å². The molecule has 7 nitrogen and oxygen atoms in total. The smallest absolute Gasteiger partial charge is 0.268 e. The zero-order chi connectivity index (χ0) is 25.3. The molecule has 2 heterocycles. The van der Waals surface area contributed by atoms with Crippen LogP contribution in [0, 0.1) is 5.82 Å². The molecule has 4 aromatic rings. The molecule has 11 heteroatoms. The van der Waals surface area contributed by atoms with Crippen molar-refractivity contribution in [3.05, 3.63) is 95.4 Å². The Labute approximate surface area is 216 Å². The molecule has 0 spiro atoms. The summed E-state index contributed by atoms with van der Waals surface area (Å²) in [5.74, 6) is -0.758. The molecule has 0 radical (unpaired) electrons. The minimum atomic E-state index is -3.95. The molecule has 0 unspecified atom stereocenters. The molecule has 0 atom stereocenters. The number of thioether (sulfide) groups is 1. The molecule has 0 bridgehead atoms. The van der Waals surface area contributed by atoms with Crippen molar-refractivity contribution in [3.63, 3.8) is 0 Å². The minimum absolute atomic E-state index is 0.0224. The number of sulfonamides is 1. The zero-order valence-electron chi connectivity index (χ0n) is 18.6. The Morgan fingerprint density at radius 3 is 2.56 bits per heavy atom. The molecule has 36 heavy (non-hydrogen) atoms. The standard InChI is InChI=1S/C25H18ClFN4O3S2/c26-17-6-11-21-20(12-17)24-22(36(33,34)31(21)14-16-4-2-1-3-5-16)13-28-25(30-24)35-15-23(32)29-19-9-7-18(27)8-10-19/h1-13H,14-15H2,(H,29,32). The summed E-state index contributed by atoms with van der Waals surface area (Å²) in [5, 5.41) is 3.34. The second-order valence-corrected chi connectivity index (χ2v) is 11.1. The molecule has 1 aromatic heterocycles. The van der Waals surface area contributed by atoms with E-state index < -0.39 is 15.8 Å². The molecule has 0 fully saturated rings. The molecule has 0 saturated carbocycles. The molecular weight excluding hydrogens is 523 g/mol. The third-order valence-corrected chi connectivity index (χ3v) is 8.27. The van der Waals surface area contributed by atoms with E-state index in [1.807, 2.05) is 30.3 Å². The molecule has 1 N–H and O–H groups in total. The van der Waals surface area contributed by atoms with Crippen LogP contribution in [0.5, 0.6) is 0 Å². The lowest BCUT2D eigenvalue weighted by molar-refractivity contribution is -0.113. The van der Waals surface area contributed by atoms with Gasteiger partial charge in [-0.15, -0.1) is 0 Å². The zero-order valence-corrected chi connectivity index (χ0v) is 20.9. The maximum atomic E-state index is 13.6. The first-order valence-corrected chi connectivity index (χ1v) is 13.5. The second kappa shape index (κ2) is 9.88. The van der Waals surface area contributed by atoms with Crippen molar-refractivity contribution in [2.45, 2.75) is 16.6 Å². The lowest BCUT2D eigenvalue weighted by atomic mass is 10.1. The van der Waals surface area contributed by atoms with Gasteiger partial charge in [0.25, 0.3) is 10.0 Å². The molecule has 182 valence electrons. The van der Waals surface area contributed by atoms with Gasteiger partial charge in [0.15, 0.2) is 5.16 Å². The highest BCUT2D eigenvalue weighted by Gasteiger charge is 2.37. The first kappa shape index (κ1) is 24.2. The number of aromatic nitrogens is 2. The maximum Gasteiger partial charge on any atom is 0.268 e. The Hall–Kier alpha value is -3.47. The predicted octanol–water partition coefficient (Wildman–Crippen LogP) is 5.38. The summed E-state index contributed by atoms with van der Waals surface area (Å²) in [6, 6.07) is 19.7. The van der Waals surface area contributed by atoms with Crippen LogP contribution in [0.1, 0.15) is 5.56 Å². The first-order valence-electron chi connectivity index (χ1n) is 10.7. The number of amides is 1. The van der Waals surface area contributed by atoms with E-state index in [1.165, 1.54) is 34.8 Å². The predicted molar refractivity (Wildman–Crippen MR) is 138 cm³/mol. The second-order valence-electron chi connectivity index (χ2n) is 7.87. The lowest BCUT2D eigenvalue weighted by Crippen LogP contribution is -2.34. The van der Waals surface area contributed by atoms with Gasteiger partial charge in [0.05, 0.1) is 29.9 Å². The largest absolute Gasteiger partial charge is 0.325 e. The average Bonchev–Trinajstić information content (AvgIpc) is 2.87. The highest BCUT2D eigenvalue weighted by atomic mass is 35.5. The Morgan fingerprint density at radius 1 is 1.06 bits per heavy atom. The van der Waals surface area contributed by atoms with Crippen LogP contribution in [-0.2, 0) is 21.4 Å². The minimum Gasteiger partial charge on any atom is -0.325 e. The summed E-state index contributed by atoms with van der Waals surface area (Å²) < 4.78 is 41.5. The molecule has 1 aliphatic heterocycles. The number of nitrogens with one attached hydrogen (secondary N) is 1. The van der Waals surface area contributed by atoms with Crippen molar-refractivity contribution in [3.8, 4) is 11.3 Å². The van der Waals surface area contributed by atoms with Crippen LogP contribution < -0.4 is 9.62 Å². The number of rotatable bonds is 6. The van der Waals surface area contributed by atoms with Gasteiger partial charge in [0.1, 0.15) is 10.7 Å². The fraction of sp³-hybridized carbons (Fsp3) is 0.0800. The lowest BCUT2D eigenvalue weighted by Gasteiger charge is -2.31. The number of carbonyl (C=O) groups excluding carboxylic acids is 1. The van der Waals surface area contributed by atoms with E-state index in [9.17, 15) is 17.6 Å². The molecular formula is C25H18ClFN4O3S2. The van der Waals surface area contributed by atoms with Crippen LogP contribution in [0.4, 0.5) is 15.8 Å². The molecule has 1 aliphatic rings. The highest BCUT2D eigenvalue weighted by Crippen LogP contribution is 2.44. The van der Waals surface area contributed by atoms with Crippen LogP contribution in [0.15, 0.2) is 89.0 Å². The van der Waals surface area contributed by atoms with Crippen molar-refractivity contribution in [2.24, 2.45) is 0 Å². The van der Waals surface area contributed by atoms with Gasteiger partial charge in [0.2, 0.25) is 5.91 Å². The van der Waals surface area contributed by atoms with E-state index >= 15 is 0 Å². The van der Waals surface area contributed by atoms with Gasteiger partial charge in [-0.3, -0.25) is 9.10 Å². The topological polar surface area (TPSA) is 92.3 Å². The van der Waals surface area contributed by atoms with Gasteiger partial charge in [-0.25, -0.2) is 22.8 Å². The fourth-order valence-electron chi connectivity index (χ4n) is 3.75. The number of nitrogens with zero attached hydrogens (tertiary/aromatic N) is 3. The monoisotopic (exact) mass is 540 g/mol. The van der Waals surface area contributed by atoms with Gasteiger partial charge in [-0.1, -0.05) is 53.7 Å². The summed E-state index contributed by atoms with van der Waals surface area (Å²) in [7, 11) is -3.95. The van der Waals surface area contributed by atoms with Crippen LogP contribution in [0.3, 0.4) is 0 Å². The fourth-order valence-corrected chi connectivity index (χ4v) is 6.10. The van der Waals surface area contributed by atoms with Crippen LogP contribution in [-0.4, -0.2) is 30.0 Å². The van der Waals surface area contributed by atoms with E-state index in [2.05, 4.69) is 15.3 Å². The Morgan fingerprint density at radius 2 is 1.81 bits per heavy atom. The van der Waals surface area contributed by atoms with Crippen molar-refractivity contribution < 1.29 is 17.6 Å². The van der Waals surface area contributed by atoms with Crippen molar-refractivity contribution >= 4 is 50.7 Å². The number of anilines is 2. The van der Waals surface area contributed by atoms with E-state index in [0.29, 0.717) is 22.0 Å². The Bertz CT molecular complexity index is 1550. The van der Waals surface area contributed by atoms with E-state index in [-0.39, 0.29) is 34.0 Å². The number of fused-ring (bicyclic) bond motifs is 3. The van der Waals surface area contributed by atoms with Crippen LogP contribution in [0.2, 0.25) is 5.02 Å². The number of carbonyl (C=O) groups is 1. The number of hydrogen-bond acceptors (Lipinski definition) is 6. The summed E-state index contributed by atoms with van der Waals surface area (Å²) in [6.07, 6.45) is 1.26. The third kappa shape index (κ3) is 4.92. The Kier molecular flexibility index (Phi) is 6.65. The number of hydrogen-bond donors (Lipinski definition) is 1. The summed E-state index contributed by atoms with van der Waals surface area (Å²) in [5.41, 5.74) is 2.53. The molecule has 0 aliphatic carbocycles. The summed E-state index contributed by atoms with van der Waals surface area (Å²) in [6.45, 7) is 0.136. The van der Waals surface area contributed by atoms with Crippen molar-refractivity contribution in [1.82, 2.24) is 9.97 Å². The van der Waals surface area contributed by atoms with Crippen LogP contribution in [0.25, 0.3) is 11.3 Å². The number of halogens is 2. The van der Waals surface area contributed by atoms with E-state index in [1.54, 1.807) is 18.2 Å². The maximum absolute atomic E-state index is 13.6. The average molecular weight is 541 g/mol. The Balaban J connectivity index is 1.43. The van der Waals surface area contributed by atoms with E-state index in [4.69, 9.17) is 11.6 Å². The van der Waals surface area contributed by atoms with Gasteiger partial charge in [0, 0.05) is 16.3 Å².